The van der Waals surface area contributed by atoms with E-state index >= 15 is 0 Å². The van der Waals surface area contributed by atoms with Crippen LogP contribution in [0.3, 0.4) is 0 Å². The minimum atomic E-state index is -1.20. The zero-order valence-corrected chi connectivity index (χ0v) is 20.4. The van der Waals surface area contributed by atoms with Gasteiger partial charge in [0.25, 0.3) is 0 Å². The number of hydrogen-bond acceptors (Lipinski definition) is 9. The lowest BCUT2D eigenvalue weighted by atomic mass is 10.2. The molecule has 1 atom stereocenters. The quantitative estimate of drug-likeness (QED) is 0.342. The molecule has 5 aromatic rings. The van der Waals surface area contributed by atoms with Crippen LogP contribution >= 0.6 is 0 Å². The molecule has 13 heteroatoms. The SMILES string of the molecule is C[S+]([O-])c1ccc(N2CCN(CCn3cnc4c3nc(N)n3nc(-c5ccco5)nc43)CC2)c(F)c1. The first-order valence-electron chi connectivity index (χ1n) is 11.5. The number of aromatic nitrogens is 6. The van der Waals surface area contributed by atoms with Crippen LogP contribution in [0.1, 0.15) is 0 Å². The van der Waals surface area contributed by atoms with Crippen molar-refractivity contribution in [1.82, 2.24) is 34.0 Å². The maximum Gasteiger partial charge on any atom is 0.225 e. The summed E-state index contributed by atoms with van der Waals surface area (Å²) >= 11 is -1.20. The maximum absolute atomic E-state index is 14.6. The van der Waals surface area contributed by atoms with E-state index in [-0.39, 0.29) is 11.8 Å². The van der Waals surface area contributed by atoms with Gasteiger partial charge in [-0.2, -0.15) is 9.50 Å². The van der Waals surface area contributed by atoms with Crippen LogP contribution in [0.2, 0.25) is 0 Å². The summed E-state index contributed by atoms with van der Waals surface area (Å²) in [6, 6.07) is 8.37. The molecule has 1 saturated heterocycles. The maximum atomic E-state index is 14.6. The molecular formula is C23H24FN9O2S. The van der Waals surface area contributed by atoms with E-state index in [2.05, 4.69) is 25.0 Å². The molecular weight excluding hydrogens is 485 g/mol. The molecule has 0 spiro atoms. The van der Waals surface area contributed by atoms with Crippen molar-refractivity contribution in [3.05, 3.63) is 48.7 Å². The fourth-order valence-electron chi connectivity index (χ4n) is 4.49. The summed E-state index contributed by atoms with van der Waals surface area (Å²) < 4.78 is 35.0. The predicted octanol–water partition coefficient (Wildman–Crippen LogP) is 2.01. The second kappa shape index (κ2) is 9.08. The highest BCUT2D eigenvalue weighted by molar-refractivity contribution is 7.90. The summed E-state index contributed by atoms with van der Waals surface area (Å²) in [5.74, 6) is 0.848. The molecule has 1 aromatic carbocycles. The molecule has 11 nitrogen and oxygen atoms in total. The van der Waals surface area contributed by atoms with Gasteiger partial charge in [-0.05, 0) is 35.4 Å². The van der Waals surface area contributed by atoms with Crippen LogP contribution in [0, 0.1) is 5.82 Å². The van der Waals surface area contributed by atoms with Gasteiger partial charge in [-0.25, -0.2) is 14.4 Å². The Balaban J connectivity index is 1.14. The van der Waals surface area contributed by atoms with E-state index in [1.807, 2.05) is 9.47 Å². The van der Waals surface area contributed by atoms with Gasteiger partial charge in [0.1, 0.15) is 6.26 Å². The highest BCUT2D eigenvalue weighted by atomic mass is 32.2. The molecule has 0 aliphatic carbocycles. The number of nitrogen functional groups attached to an aromatic ring is 1. The number of rotatable bonds is 6. The number of anilines is 2. The third kappa shape index (κ3) is 4.04. The van der Waals surface area contributed by atoms with Crippen molar-refractivity contribution >= 4 is 39.6 Å². The number of nitrogens with two attached hydrogens (primary N) is 1. The van der Waals surface area contributed by atoms with E-state index in [0.29, 0.717) is 58.6 Å². The molecule has 6 rings (SSSR count). The monoisotopic (exact) mass is 509 g/mol. The number of piperazine rings is 1. The fourth-order valence-corrected chi connectivity index (χ4v) is 5.02. The Bertz CT molecular complexity index is 1520. The highest BCUT2D eigenvalue weighted by Gasteiger charge is 2.22. The molecule has 1 fully saturated rings. The van der Waals surface area contributed by atoms with E-state index in [9.17, 15) is 8.94 Å². The topological polar surface area (TPSA) is 130 Å². The van der Waals surface area contributed by atoms with Crippen LogP contribution in [0.5, 0.6) is 0 Å². The first kappa shape index (κ1) is 22.8. The normalized spacial score (nSPS) is 15.8. The molecule has 0 radical (unpaired) electrons. The molecule has 4 aromatic heterocycles. The minimum absolute atomic E-state index is 0.220. The zero-order chi connectivity index (χ0) is 24.8. The first-order valence-corrected chi connectivity index (χ1v) is 13.0. The molecule has 0 saturated carbocycles. The van der Waals surface area contributed by atoms with E-state index in [0.717, 1.165) is 19.6 Å². The molecule has 1 unspecified atom stereocenters. The lowest BCUT2D eigenvalue weighted by Gasteiger charge is -2.36. The van der Waals surface area contributed by atoms with Crippen LogP contribution in [0.25, 0.3) is 28.4 Å². The lowest BCUT2D eigenvalue weighted by Crippen LogP contribution is -2.47. The standard InChI is InChI=1S/C23H24FN9O2S/c1-36(34)15-4-5-17(16(24)13-15)31-9-6-30(7-10-31)8-11-32-14-26-19-21(32)28-23(25)33-22(19)27-20(29-33)18-3-2-12-35-18/h2-5,12-14H,6-11H2,1H3,(H2,25,28). The second-order valence-electron chi connectivity index (χ2n) is 8.62. The summed E-state index contributed by atoms with van der Waals surface area (Å²) in [5.41, 5.74) is 8.52. The molecule has 36 heavy (non-hydrogen) atoms. The van der Waals surface area contributed by atoms with Crippen molar-refractivity contribution < 1.29 is 13.4 Å². The Hall–Kier alpha value is -3.68. The Morgan fingerprint density at radius 1 is 1.11 bits per heavy atom. The summed E-state index contributed by atoms with van der Waals surface area (Å²) in [6.45, 7) is 4.46. The van der Waals surface area contributed by atoms with Gasteiger partial charge in [0, 0.05) is 45.3 Å². The van der Waals surface area contributed by atoms with Crippen LogP contribution < -0.4 is 10.6 Å². The zero-order valence-electron chi connectivity index (χ0n) is 19.5. The van der Waals surface area contributed by atoms with Crippen molar-refractivity contribution in [2.75, 3.05) is 49.6 Å². The number of furan rings is 1. The minimum Gasteiger partial charge on any atom is -0.612 e. The molecule has 0 bridgehead atoms. The Kier molecular flexibility index (Phi) is 5.74. The largest absolute Gasteiger partial charge is 0.612 e. The van der Waals surface area contributed by atoms with E-state index in [1.165, 1.54) is 10.6 Å². The molecule has 0 amide bonds. The number of fused-ring (bicyclic) bond motifs is 3. The summed E-state index contributed by atoms with van der Waals surface area (Å²) in [7, 11) is 0. The van der Waals surface area contributed by atoms with Gasteiger partial charge in [-0.15, -0.1) is 5.10 Å². The van der Waals surface area contributed by atoms with Gasteiger partial charge in [-0.3, -0.25) is 4.90 Å². The van der Waals surface area contributed by atoms with Crippen molar-refractivity contribution in [3.63, 3.8) is 0 Å². The van der Waals surface area contributed by atoms with Crippen molar-refractivity contribution in [2.24, 2.45) is 0 Å². The number of halogens is 1. The Labute approximate surface area is 208 Å². The third-order valence-electron chi connectivity index (χ3n) is 6.43. The van der Waals surface area contributed by atoms with Crippen molar-refractivity contribution in [1.29, 1.82) is 0 Å². The van der Waals surface area contributed by atoms with Gasteiger partial charge >= 0.3 is 0 Å². The Morgan fingerprint density at radius 2 is 1.94 bits per heavy atom. The molecule has 5 heterocycles. The molecule has 186 valence electrons. The molecule has 1 aliphatic rings. The average Bonchev–Trinajstić information content (AvgIpc) is 3.63. The number of hydrogen-bond donors (Lipinski definition) is 1. The van der Waals surface area contributed by atoms with E-state index in [1.54, 1.807) is 43.1 Å². The van der Waals surface area contributed by atoms with Crippen molar-refractivity contribution in [2.45, 2.75) is 11.4 Å². The van der Waals surface area contributed by atoms with E-state index < -0.39 is 11.2 Å². The fraction of sp³-hybridized carbons (Fsp3) is 0.304. The van der Waals surface area contributed by atoms with Crippen LogP contribution in [0.15, 0.2) is 52.2 Å². The molecule has 2 N–H and O–H groups in total. The third-order valence-corrected chi connectivity index (χ3v) is 7.35. The summed E-state index contributed by atoms with van der Waals surface area (Å²) in [6.07, 6.45) is 4.85. The van der Waals surface area contributed by atoms with E-state index in [4.69, 9.17) is 10.2 Å². The number of imidazole rings is 1. The Morgan fingerprint density at radius 3 is 2.67 bits per heavy atom. The van der Waals surface area contributed by atoms with Gasteiger partial charge in [0.05, 0.1) is 18.3 Å². The van der Waals surface area contributed by atoms with Gasteiger partial charge < -0.3 is 24.2 Å². The van der Waals surface area contributed by atoms with Crippen molar-refractivity contribution in [3.8, 4) is 11.6 Å². The highest BCUT2D eigenvalue weighted by Crippen LogP contribution is 2.25. The molecule has 1 aliphatic heterocycles. The predicted molar refractivity (Wildman–Crippen MR) is 134 cm³/mol. The second-order valence-corrected chi connectivity index (χ2v) is 10.0. The van der Waals surface area contributed by atoms with Gasteiger partial charge in [0.15, 0.2) is 33.3 Å². The van der Waals surface area contributed by atoms with Crippen LogP contribution in [0.4, 0.5) is 16.0 Å². The average molecular weight is 510 g/mol. The summed E-state index contributed by atoms with van der Waals surface area (Å²) in [5, 5.41) is 4.41. The van der Waals surface area contributed by atoms with Crippen LogP contribution in [-0.2, 0) is 17.7 Å². The van der Waals surface area contributed by atoms with Gasteiger partial charge in [-0.1, -0.05) is 0 Å². The van der Waals surface area contributed by atoms with Crippen LogP contribution in [-0.4, -0.2) is 77.6 Å². The lowest BCUT2D eigenvalue weighted by molar-refractivity contribution is 0.248. The number of benzene rings is 1. The van der Waals surface area contributed by atoms with Gasteiger partial charge in [0.2, 0.25) is 11.8 Å². The first-order chi connectivity index (χ1) is 17.5. The summed E-state index contributed by atoms with van der Waals surface area (Å²) in [4.78, 5) is 18.5. The number of nitrogens with zero attached hydrogens (tertiary/aromatic N) is 8. The smallest absolute Gasteiger partial charge is 0.225 e.